The van der Waals surface area contributed by atoms with Crippen molar-refractivity contribution in [3.63, 3.8) is 0 Å². The van der Waals surface area contributed by atoms with Crippen molar-refractivity contribution in [2.75, 3.05) is 26.6 Å². The number of alkyl halides is 3. The Morgan fingerprint density at radius 1 is 1.03 bits per heavy atom. The lowest BCUT2D eigenvalue weighted by Crippen LogP contribution is -2.30. The van der Waals surface area contributed by atoms with Crippen LogP contribution in [0.1, 0.15) is 36.1 Å². The maximum absolute atomic E-state index is 13.4. The van der Waals surface area contributed by atoms with Gasteiger partial charge in [0, 0.05) is 17.3 Å². The molecule has 0 aliphatic heterocycles. The second kappa shape index (κ2) is 11.3. The Kier molecular flexibility index (Phi) is 8.29. The van der Waals surface area contributed by atoms with Gasteiger partial charge in [-0.15, -0.1) is 0 Å². The molecule has 3 aromatic carbocycles. The van der Waals surface area contributed by atoms with Crippen LogP contribution in [-0.2, 0) is 12.6 Å². The van der Waals surface area contributed by atoms with Crippen LogP contribution in [0.4, 0.5) is 24.5 Å². The van der Waals surface area contributed by atoms with E-state index in [0.29, 0.717) is 46.8 Å². The van der Waals surface area contributed by atoms with Gasteiger partial charge in [0.25, 0.3) is 0 Å². The van der Waals surface area contributed by atoms with Crippen molar-refractivity contribution in [2.45, 2.75) is 38.2 Å². The summed E-state index contributed by atoms with van der Waals surface area (Å²) in [5.41, 5.74) is 1.41. The predicted molar refractivity (Wildman–Crippen MR) is 143 cm³/mol. The highest BCUT2D eigenvalue weighted by molar-refractivity contribution is 6.31. The van der Waals surface area contributed by atoms with Crippen LogP contribution in [0.5, 0.6) is 17.2 Å². The molecule has 0 radical (unpaired) electrons. The first-order valence-corrected chi connectivity index (χ1v) is 12.4. The SMILES string of the molecule is COc1cc2c(c(OC)c1OC)-c1ccc(Nc3ccc(Cl)c(C(F)(F)F)c3)c(=O)cc1C(NC(C)O)CC2. The molecule has 0 fully saturated rings. The Balaban J connectivity index is 1.94. The van der Waals surface area contributed by atoms with Crippen LogP contribution in [0.2, 0.25) is 5.02 Å². The number of hydrogen-bond acceptors (Lipinski definition) is 7. The number of hydrogen-bond donors (Lipinski definition) is 3. The molecule has 0 spiro atoms. The third-order valence-electron chi connectivity index (χ3n) is 6.53. The van der Waals surface area contributed by atoms with Crippen LogP contribution in [0.3, 0.4) is 0 Å². The molecule has 1 aliphatic rings. The van der Waals surface area contributed by atoms with Crippen molar-refractivity contribution >= 4 is 23.0 Å². The van der Waals surface area contributed by atoms with Crippen LogP contribution in [0.25, 0.3) is 11.1 Å². The van der Waals surface area contributed by atoms with Crippen molar-refractivity contribution in [2.24, 2.45) is 0 Å². The summed E-state index contributed by atoms with van der Waals surface area (Å²) >= 11 is 5.75. The average molecular weight is 565 g/mol. The van der Waals surface area contributed by atoms with Crippen molar-refractivity contribution in [1.82, 2.24) is 5.32 Å². The highest BCUT2D eigenvalue weighted by atomic mass is 35.5. The van der Waals surface area contributed by atoms with Crippen LogP contribution in [-0.4, -0.2) is 32.7 Å². The number of aliphatic hydroxyl groups excluding tert-OH is 1. The van der Waals surface area contributed by atoms with E-state index in [1.165, 1.54) is 39.5 Å². The summed E-state index contributed by atoms with van der Waals surface area (Å²) < 4.78 is 57.0. The molecule has 0 heterocycles. The average Bonchev–Trinajstić information content (AvgIpc) is 3.12. The summed E-state index contributed by atoms with van der Waals surface area (Å²) in [6.45, 7) is 1.58. The highest BCUT2D eigenvalue weighted by Gasteiger charge is 2.33. The van der Waals surface area contributed by atoms with E-state index in [4.69, 9.17) is 25.8 Å². The second-order valence-corrected chi connectivity index (χ2v) is 9.46. The fraction of sp³-hybridized carbons (Fsp3) is 0.321. The molecule has 2 unspecified atom stereocenters. The van der Waals surface area contributed by atoms with Gasteiger partial charge in [0.2, 0.25) is 11.2 Å². The number of aryl methyl sites for hydroxylation is 1. The number of methoxy groups -OCH3 is 3. The van der Waals surface area contributed by atoms with E-state index < -0.39 is 34.5 Å². The number of aliphatic hydroxyl groups is 1. The Hall–Kier alpha value is -3.47. The van der Waals surface area contributed by atoms with Gasteiger partial charge in [-0.2, -0.15) is 13.2 Å². The number of nitrogens with one attached hydrogen (secondary N) is 2. The van der Waals surface area contributed by atoms with Crippen LogP contribution < -0.4 is 30.3 Å². The second-order valence-electron chi connectivity index (χ2n) is 9.06. The number of halogens is 4. The molecule has 11 heteroatoms. The molecule has 7 nitrogen and oxygen atoms in total. The molecule has 0 amide bonds. The molecule has 0 aromatic heterocycles. The normalized spacial score (nSPS) is 15.5. The van der Waals surface area contributed by atoms with Crippen molar-refractivity contribution < 1.29 is 32.5 Å². The number of fused-ring (bicyclic) bond motifs is 3. The van der Waals surface area contributed by atoms with Gasteiger partial charge >= 0.3 is 6.18 Å². The zero-order valence-electron chi connectivity index (χ0n) is 21.7. The predicted octanol–water partition coefficient (Wildman–Crippen LogP) is 6.07. The highest BCUT2D eigenvalue weighted by Crippen LogP contribution is 2.50. The molecule has 3 N–H and O–H groups in total. The van der Waals surface area contributed by atoms with Gasteiger partial charge < -0.3 is 24.6 Å². The third kappa shape index (κ3) is 5.78. The van der Waals surface area contributed by atoms with E-state index in [1.54, 1.807) is 13.0 Å². The molecular weight excluding hydrogens is 537 g/mol. The van der Waals surface area contributed by atoms with Crippen LogP contribution >= 0.6 is 11.6 Å². The molecule has 39 heavy (non-hydrogen) atoms. The monoisotopic (exact) mass is 564 g/mol. The van der Waals surface area contributed by atoms with Gasteiger partial charge in [-0.25, -0.2) is 0 Å². The quantitative estimate of drug-likeness (QED) is 0.300. The van der Waals surface area contributed by atoms with Gasteiger partial charge in [0.15, 0.2) is 11.5 Å². The summed E-state index contributed by atoms with van der Waals surface area (Å²) in [6, 6.07) is 9.40. The van der Waals surface area contributed by atoms with Gasteiger partial charge in [-0.05, 0) is 72.9 Å². The van der Waals surface area contributed by atoms with Gasteiger partial charge in [-0.3, -0.25) is 10.1 Å². The zero-order valence-corrected chi connectivity index (χ0v) is 22.5. The first-order valence-electron chi connectivity index (χ1n) is 12.1. The minimum atomic E-state index is -4.66. The maximum Gasteiger partial charge on any atom is 0.417 e. The fourth-order valence-corrected chi connectivity index (χ4v) is 5.08. The number of anilines is 2. The fourth-order valence-electron chi connectivity index (χ4n) is 4.86. The Morgan fingerprint density at radius 2 is 1.74 bits per heavy atom. The summed E-state index contributed by atoms with van der Waals surface area (Å²) in [5.74, 6) is 1.26. The van der Waals surface area contributed by atoms with E-state index in [2.05, 4.69) is 10.6 Å². The summed E-state index contributed by atoms with van der Waals surface area (Å²) in [6.07, 6.45) is -4.43. The number of rotatable bonds is 7. The minimum absolute atomic E-state index is 0.0493. The van der Waals surface area contributed by atoms with Crippen molar-refractivity contribution in [1.29, 1.82) is 0 Å². The Morgan fingerprint density at radius 3 is 2.36 bits per heavy atom. The van der Waals surface area contributed by atoms with Crippen molar-refractivity contribution in [3.05, 3.63) is 74.4 Å². The lowest BCUT2D eigenvalue weighted by atomic mass is 9.95. The van der Waals surface area contributed by atoms with Gasteiger partial charge in [-0.1, -0.05) is 17.7 Å². The molecule has 0 saturated heterocycles. The molecule has 3 aromatic rings. The van der Waals surface area contributed by atoms with Crippen molar-refractivity contribution in [3.8, 4) is 28.4 Å². The van der Waals surface area contributed by atoms with E-state index >= 15 is 0 Å². The standard InChI is InChI=1S/C28H28ClF3N2O5/c1-14(35)33-21-9-5-15-11-24(37-2)26(38-3)27(39-4)25(15)17-7-10-22(23(36)13-18(17)21)34-16-6-8-20(29)19(12-16)28(30,31)32/h6-8,10-14,21,33,35H,5,9H2,1-4H3,(H,34,36). The minimum Gasteiger partial charge on any atom is -0.493 e. The van der Waals surface area contributed by atoms with E-state index in [0.717, 1.165) is 17.7 Å². The smallest absolute Gasteiger partial charge is 0.417 e. The molecule has 2 atom stereocenters. The Labute approximate surface area is 228 Å². The summed E-state index contributed by atoms with van der Waals surface area (Å²) in [4.78, 5) is 13.4. The first-order chi connectivity index (χ1) is 18.5. The maximum atomic E-state index is 13.4. The lowest BCUT2D eigenvalue weighted by Gasteiger charge is -2.21. The molecule has 208 valence electrons. The largest absolute Gasteiger partial charge is 0.493 e. The molecule has 0 bridgehead atoms. The summed E-state index contributed by atoms with van der Waals surface area (Å²) in [5, 5.41) is 15.6. The molecule has 1 aliphatic carbocycles. The van der Waals surface area contributed by atoms with E-state index in [9.17, 15) is 23.1 Å². The number of benzene rings is 2. The van der Waals surface area contributed by atoms with Crippen LogP contribution in [0, 0.1) is 0 Å². The Bertz CT molecular complexity index is 1450. The van der Waals surface area contributed by atoms with Gasteiger partial charge in [0.1, 0.15) is 6.23 Å². The summed E-state index contributed by atoms with van der Waals surface area (Å²) in [7, 11) is 4.52. The number of ether oxygens (including phenoxy) is 3. The molecule has 4 rings (SSSR count). The third-order valence-corrected chi connectivity index (χ3v) is 6.86. The first kappa shape index (κ1) is 28.5. The molecular formula is C28H28ClF3N2O5. The van der Waals surface area contributed by atoms with E-state index in [-0.39, 0.29) is 11.4 Å². The van der Waals surface area contributed by atoms with Crippen LogP contribution in [0.15, 0.2) is 47.3 Å². The van der Waals surface area contributed by atoms with Gasteiger partial charge in [0.05, 0.1) is 37.6 Å². The van der Waals surface area contributed by atoms with E-state index in [1.807, 2.05) is 6.07 Å². The lowest BCUT2D eigenvalue weighted by molar-refractivity contribution is -0.137. The molecule has 0 saturated carbocycles. The zero-order chi connectivity index (χ0) is 28.5. The topological polar surface area (TPSA) is 89.0 Å².